The van der Waals surface area contributed by atoms with Crippen LogP contribution in [0.2, 0.25) is 0 Å². The fraction of sp³-hybridized carbons (Fsp3) is 0.789. The fourth-order valence-corrected chi connectivity index (χ4v) is 4.08. The second kappa shape index (κ2) is 8.15. The van der Waals surface area contributed by atoms with Gasteiger partial charge in [-0.1, -0.05) is 26.2 Å². The first-order chi connectivity index (χ1) is 11.7. The zero-order chi connectivity index (χ0) is 16.9. The van der Waals surface area contributed by atoms with Crippen LogP contribution in [0, 0.1) is 5.92 Å². The number of rotatable bonds is 6. The maximum atomic E-state index is 12.8. The zero-order valence-corrected chi connectivity index (χ0v) is 15.1. The van der Waals surface area contributed by atoms with Crippen LogP contribution in [0.25, 0.3) is 0 Å². The molecule has 134 valence electrons. The largest absolute Gasteiger partial charge is 0.365 e. The van der Waals surface area contributed by atoms with Gasteiger partial charge in [0.25, 0.3) is 5.91 Å². The maximum Gasteiger partial charge on any atom is 0.251 e. The number of hydrogen-bond donors (Lipinski definition) is 0. The Labute approximate surface area is 145 Å². The Morgan fingerprint density at radius 1 is 1.33 bits per heavy atom. The molecule has 3 rings (SSSR count). The van der Waals surface area contributed by atoms with Gasteiger partial charge in [-0.2, -0.15) is 5.10 Å². The summed E-state index contributed by atoms with van der Waals surface area (Å²) in [6.45, 7) is 3.79. The number of carbonyl (C=O) groups is 1. The van der Waals surface area contributed by atoms with Crippen molar-refractivity contribution in [2.45, 2.75) is 70.5 Å². The Hall–Kier alpha value is -1.36. The van der Waals surface area contributed by atoms with E-state index in [-0.39, 0.29) is 12.0 Å². The predicted octanol–water partition coefficient (Wildman–Crippen LogP) is 2.94. The lowest BCUT2D eigenvalue weighted by Crippen LogP contribution is -2.41. The lowest BCUT2D eigenvalue weighted by atomic mass is 9.97. The summed E-state index contributed by atoms with van der Waals surface area (Å²) in [4.78, 5) is 14.9. The van der Waals surface area contributed by atoms with Crippen LogP contribution in [-0.4, -0.2) is 45.9 Å². The first-order valence-electron chi connectivity index (χ1n) is 9.57. The summed E-state index contributed by atoms with van der Waals surface area (Å²) in [6, 6.07) is 0. The van der Waals surface area contributed by atoms with E-state index in [4.69, 9.17) is 4.74 Å². The second-order valence-electron chi connectivity index (χ2n) is 7.46. The number of aryl methyl sites for hydroxylation is 1. The first kappa shape index (κ1) is 17.5. The van der Waals surface area contributed by atoms with Gasteiger partial charge in [0, 0.05) is 26.3 Å². The topological polar surface area (TPSA) is 47.4 Å². The minimum absolute atomic E-state index is 0.205. The lowest BCUT2D eigenvalue weighted by molar-refractivity contribution is -0.148. The molecule has 0 N–H and O–H groups in total. The van der Waals surface area contributed by atoms with Crippen LogP contribution >= 0.6 is 0 Å². The standard InChI is InChI=1S/C19H31N3O2/c1-3-18(24-17-7-5-4-6-8-17)19(23)22-10-9-15(14-22)11-16-12-20-21(2)13-16/h12-13,15,17-18H,3-11,14H2,1-2H3/t15-,18-/m1/s1. The van der Waals surface area contributed by atoms with Crippen LogP contribution in [0.5, 0.6) is 0 Å². The predicted molar refractivity (Wildman–Crippen MR) is 93.6 cm³/mol. The van der Waals surface area contributed by atoms with Crippen molar-refractivity contribution in [1.29, 1.82) is 0 Å². The van der Waals surface area contributed by atoms with Gasteiger partial charge in [0.1, 0.15) is 6.10 Å². The Kier molecular flexibility index (Phi) is 5.93. The maximum absolute atomic E-state index is 12.8. The lowest BCUT2D eigenvalue weighted by Gasteiger charge is -2.29. The summed E-state index contributed by atoms with van der Waals surface area (Å²) in [6.07, 6.45) is 13.0. The van der Waals surface area contributed by atoms with Gasteiger partial charge in [-0.15, -0.1) is 0 Å². The minimum atomic E-state index is -0.245. The molecule has 2 atom stereocenters. The number of hydrogen-bond acceptors (Lipinski definition) is 3. The van der Waals surface area contributed by atoms with E-state index in [0.29, 0.717) is 12.0 Å². The molecular formula is C19H31N3O2. The van der Waals surface area contributed by atoms with Crippen LogP contribution in [0.4, 0.5) is 0 Å². The van der Waals surface area contributed by atoms with E-state index in [0.717, 1.165) is 45.2 Å². The molecule has 5 heteroatoms. The second-order valence-corrected chi connectivity index (χ2v) is 7.46. The average Bonchev–Trinajstić information content (AvgIpc) is 3.22. The fourth-order valence-electron chi connectivity index (χ4n) is 4.08. The molecule has 1 aliphatic carbocycles. The molecule has 1 amide bonds. The van der Waals surface area contributed by atoms with E-state index in [2.05, 4.69) is 18.2 Å². The number of amides is 1. The van der Waals surface area contributed by atoms with Gasteiger partial charge in [0.05, 0.1) is 12.3 Å². The Balaban J connectivity index is 1.50. The summed E-state index contributed by atoms with van der Waals surface area (Å²) in [7, 11) is 1.95. The molecule has 5 nitrogen and oxygen atoms in total. The number of likely N-dealkylation sites (tertiary alicyclic amines) is 1. The van der Waals surface area contributed by atoms with Gasteiger partial charge in [-0.3, -0.25) is 9.48 Å². The molecule has 1 aromatic rings. The van der Waals surface area contributed by atoms with Gasteiger partial charge in [-0.05, 0) is 43.6 Å². The molecule has 24 heavy (non-hydrogen) atoms. The highest BCUT2D eigenvalue weighted by molar-refractivity contribution is 5.81. The minimum Gasteiger partial charge on any atom is -0.365 e. The van der Waals surface area contributed by atoms with Crippen LogP contribution in [0.15, 0.2) is 12.4 Å². The number of carbonyl (C=O) groups excluding carboxylic acids is 1. The van der Waals surface area contributed by atoms with Gasteiger partial charge in [0.15, 0.2) is 0 Å². The quantitative estimate of drug-likeness (QED) is 0.804. The Morgan fingerprint density at radius 3 is 2.79 bits per heavy atom. The van der Waals surface area contributed by atoms with Gasteiger partial charge < -0.3 is 9.64 Å². The van der Waals surface area contributed by atoms with E-state index in [1.165, 1.54) is 24.8 Å². The van der Waals surface area contributed by atoms with Crippen LogP contribution < -0.4 is 0 Å². The summed E-state index contributed by atoms with van der Waals surface area (Å²) in [5.74, 6) is 0.752. The van der Waals surface area contributed by atoms with E-state index in [1.807, 2.05) is 22.8 Å². The van der Waals surface area contributed by atoms with Gasteiger partial charge >= 0.3 is 0 Å². The summed E-state index contributed by atoms with van der Waals surface area (Å²) < 4.78 is 8.01. The molecule has 0 bridgehead atoms. The van der Waals surface area contributed by atoms with Crippen molar-refractivity contribution in [2.24, 2.45) is 13.0 Å². The smallest absolute Gasteiger partial charge is 0.251 e. The third-order valence-corrected chi connectivity index (χ3v) is 5.44. The highest BCUT2D eigenvalue weighted by Gasteiger charge is 2.32. The van der Waals surface area contributed by atoms with Gasteiger partial charge in [-0.25, -0.2) is 0 Å². The Bertz CT molecular complexity index is 536. The van der Waals surface area contributed by atoms with Crippen molar-refractivity contribution in [2.75, 3.05) is 13.1 Å². The van der Waals surface area contributed by atoms with E-state index in [9.17, 15) is 4.79 Å². The SMILES string of the molecule is CC[C@@H](OC1CCCCC1)C(=O)N1CC[C@H](Cc2cnn(C)c2)C1. The first-order valence-corrected chi connectivity index (χ1v) is 9.57. The Morgan fingerprint density at radius 2 is 2.12 bits per heavy atom. The van der Waals surface area contributed by atoms with Crippen molar-refractivity contribution in [3.8, 4) is 0 Å². The summed E-state index contributed by atoms with van der Waals surface area (Å²) in [5.41, 5.74) is 1.27. The van der Waals surface area contributed by atoms with Crippen LogP contribution in [0.3, 0.4) is 0 Å². The third kappa shape index (κ3) is 4.38. The molecule has 2 aliphatic rings. The highest BCUT2D eigenvalue weighted by atomic mass is 16.5. The highest BCUT2D eigenvalue weighted by Crippen LogP contribution is 2.25. The van der Waals surface area contributed by atoms with Crippen LogP contribution in [0.1, 0.15) is 57.4 Å². The van der Waals surface area contributed by atoms with Crippen molar-refractivity contribution < 1.29 is 9.53 Å². The molecule has 1 saturated heterocycles. The molecular weight excluding hydrogens is 302 g/mol. The molecule has 0 spiro atoms. The normalized spacial score (nSPS) is 23.6. The molecule has 1 aromatic heterocycles. The number of ether oxygens (including phenoxy) is 1. The molecule has 0 radical (unpaired) electrons. The average molecular weight is 333 g/mol. The van der Waals surface area contributed by atoms with Crippen molar-refractivity contribution >= 4 is 5.91 Å². The van der Waals surface area contributed by atoms with Crippen LogP contribution in [-0.2, 0) is 23.0 Å². The van der Waals surface area contributed by atoms with E-state index < -0.39 is 0 Å². The van der Waals surface area contributed by atoms with Crippen molar-refractivity contribution in [3.63, 3.8) is 0 Å². The zero-order valence-electron chi connectivity index (χ0n) is 15.1. The third-order valence-electron chi connectivity index (χ3n) is 5.44. The summed E-state index contributed by atoms with van der Waals surface area (Å²) >= 11 is 0. The van der Waals surface area contributed by atoms with Crippen molar-refractivity contribution in [1.82, 2.24) is 14.7 Å². The summed E-state index contributed by atoms with van der Waals surface area (Å²) in [5, 5.41) is 4.24. The number of aromatic nitrogens is 2. The molecule has 2 heterocycles. The molecule has 0 unspecified atom stereocenters. The van der Waals surface area contributed by atoms with E-state index >= 15 is 0 Å². The van der Waals surface area contributed by atoms with Crippen molar-refractivity contribution in [3.05, 3.63) is 18.0 Å². The number of nitrogens with zero attached hydrogens (tertiary/aromatic N) is 3. The molecule has 0 aromatic carbocycles. The molecule has 1 saturated carbocycles. The monoisotopic (exact) mass is 333 g/mol. The van der Waals surface area contributed by atoms with Gasteiger partial charge in [0.2, 0.25) is 0 Å². The molecule has 1 aliphatic heterocycles. The molecule has 2 fully saturated rings. The van der Waals surface area contributed by atoms with E-state index in [1.54, 1.807) is 0 Å².